The van der Waals surface area contributed by atoms with Crippen molar-refractivity contribution in [2.75, 3.05) is 7.11 Å². The largest absolute Gasteiger partial charge is 0.469 e. The third-order valence-corrected chi connectivity index (χ3v) is 7.69. The van der Waals surface area contributed by atoms with E-state index < -0.39 is 0 Å². The zero-order valence-electron chi connectivity index (χ0n) is 21.2. The minimum Gasteiger partial charge on any atom is -0.469 e. The number of rotatable bonds is 6. The highest BCUT2D eigenvalue weighted by molar-refractivity contribution is 6.07. The fourth-order valence-corrected chi connectivity index (χ4v) is 5.39. The molecular weight excluding hydrogens is 450 g/mol. The van der Waals surface area contributed by atoms with Crippen molar-refractivity contribution in [2.45, 2.75) is 70.4 Å². The van der Waals surface area contributed by atoms with Crippen molar-refractivity contribution < 1.29 is 14.3 Å². The van der Waals surface area contributed by atoms with E-state index in [2.05, 4.69) is 48.3 Å². The molecule has 1 unspecified atom stereocenters. The first-order chi connectivity index (χ1) is 17.5. The Balaban J connectivity index is 1.43. The summed E-state index contributed by atoms with van der Waals surface area (Å²) in [7, 11) is 1.43. The molecule has 0 saturated heterocycles. The van der Waals surface area contributed by atoms with E-state index >= 15 is 0 Å². The number of hydrogen-bond acceptors (Lipinski definition) is 4. The predicted octanol–water partition coefficient (Wildman–Crippen LogP) is 5.36. The summed E-state index contributed by atoms with van der Waals surface area (Å²) in [6.45, 7) is 3.93. The van der Waals surface area contributed by atoms with E-state index in [1.54, 1.807) is 0 Å². The van der Waals surface area contributed by atoms with Crippen molar-refractivity contribution in [2.24, 2.45) is 5.92 Å². The Morgan fingerprint density at radius 1 is 1.06 bits per heavy atom. The molecule has 0 bridgehead atoms. The van der Waals surface area contributed by atoms with Crippen LogP contribution in [0.4, 0.5) is 0 Å². The quantitative estimate of drug-likeness (QED) is 0.379. The number of ether oxygens (including phenoxy) is 1. The summed E-state index contributed by atoms with van der Waals surface area (Å²) in [4.78, 5) is 25.4. The van der Waals surface area contributed by atoms with Crippen LogP contribution in [0.25, 0.3) is 10.9 Å². The van der Waals surface area contributed by atoms with E-state index in [9.17, 15) is 9.59 Å². The van der Waals surface area contributed by atoms with Gasteiger partial charge in [-0.25, -0.2) is 0 Å². The van der Waals surface area contributed by atoms with Gasteiger partial charge in [-0.05, 0) is 81.5 Å². The van der Waals surface area contributed by atoms with Crippen LogP contribution in [-0.2, 0) is 9.53 Å². The summed E-state index contributed by atoms with van der Waals surface area (Å²) >= 11 is 0. The molecule has 5 rings (SSSR count). The van der Waals surface area contributed by atoms with Crippen molar-refractivity contribution in [3.8, 4) is 11.8 Å². The summed E-state index contributed by atoms with van der Waals surface area (Å²) in [5, 5.41) is 8.82. The Kier molecular flexibility index (Phi) is 6.82. The van der Waals surface area contributed by atoms with Crippen molar-refractivity contribution in [3.05, 3.63) is 64.8 Å². The number of amides is 1. The van der Waals surface area contributed by atoms with Crippen LogP contribution in [0.5, 0.6) is 0 Å². The van der Waals surface area contributed by atoms with Gasteiger partial charge >= 0.3 is 5.97 Å². The lowest BCUT2D eigenvalue weighted by Gasteiger charge is -2.27. The molecule has 1 N–H and O–H groups in total. The SMILES string of the molecule is CC#Cc1ccc(C(=O)NC2CCC(C(=O)OC)CC2)c2c1cnn2C(C)c1ccc(C2CC2)cc1. The van der Waals surface area contributed by atoms with Crippen LogP contribution in [-0.4, -0.2) is 34.8 Å². The number of nitrogens with zero attached hydrogens (tertiary/aromatic N) is 2. The van der Waals surface area contributed by atoms with Gasteiger partial charge in [-0.15, -0.1) is 5.92 Å². The third-order valence-electron chi connectivity index (χ3n) is 7.69. The van der Waals surface area contributed by atoms with Gasteiger partial charge in [0.05, 0.1) is 36.3 Å². The maximum Gasteiger partial charge on any atom is 0.308 e. The van der Waals surface area contributed by atoms with E-state index in [0.717, 1.165) is 47.7 Å². The van der Waals surface area contributed by atoms with Gasteiger partial charge < -0.3 is 10.1 Å². The van der Waals surface area contributed by atoms with E-state index in [1.807, 2.05) is 29.9 Å². The molecule has 3 aromatic rings. The molecule has 6 heteroatoms. The number of benzene rings is 2. The van der Waals surface area contributed by atoms with Crippen LogP contribution in [0.15, 0.2) is 42.6 Å². The van der Waals surface area contributed by atoms with Crippen molar-refractivity contribution >= 4 is 22.8 Å². The third kappa shape index (κ3) is 4.75. The fraction of sp³-hybridized carbons (Fsp3) is 0.433. The van der Waals surface area contributed by atoms with Crippen molar-refractivity contribution in [1.29, 1.82) is 0 Å². The number of fused-ring (bicyclic) bond motifs is 1. The lowest BCUT2D eigenvalue weighted by molar-refractivity contribution is -0.146. The molecule has 36 heavy (non-hydrogen) atoms. The summed E-state index contributed by atoms with van der Waals surface area (Å²) in [6.07, 6.45) is 7.36. The molecule has 2 saturated carbocycles. The van der Waals surface area contributed by atoms with Crippen LogP contribution >= 0.6 is 0 Å². The number of esters is 1. The Labute approximate surface area is 212 Å². The molecular formula is C30H33N3O3. The zero-order chi connectivity index (χ0) is 25.2. The molecule has 0 radical (unpaired) electrons. The van der Waals surface area contributed by atoms with Gasteiger partial charge in [-0.3, -0.25) is 14.3 Å². The smallest absolute Gasteiger partial charge is 0.308 e. The molecule has 0 spiro atoms. The van der Waals surface area contributed by atoms with E-state index in [-0.39, 0.29) is 29.9 Å². The van der Waals surface area contributed by atoms with Gasteiger partial charge in [0.15, 0.2) is 0 Å². The Hall–Kier alpha value is -3.59. The number of nitrogens with one attached hydrogen (secondary N) is 1. The molecule has 186 valence electrons. The van der Waals surface area contributed by atoms with Gasteiger partial charge in [-0.1, -0.05) is 30.2 Å². The monoisotopic (exact) mass is 483 g/mol. The second kappa shape index (κ2) is 10.2. The summed E-state index contributed by atoms with van der Waals surface area (Å²) in [6, 6.07) is 12.6. The first kappa shape index (κ1) is 24.1. The minimum absolute atomic E-state index is 0.0346. The maximum atomic E-state index is 13.5. The van der Waals surface area contributed by atoms with Crippen LogP contribution in [0.3, 0.4) is 0 Å². The van der Waals surface area contributed by atoms with Gasteiger partial charge in [-0.2, -0.15) is 5.10 Å². The minimum atomic E-state index is -0.155. The average Bonchev–Trinajstić information content (AvgIpc) is 3.67. The fourth-order valence-electron chi connectivity index (χ4n) is 5.39. The standard InChI is InChI=1S/C30H33N3O3/c1-4-5-23-14-17-26(29(34)32-25-15-12-24(13-16-25)30(35)36-3)28-27(23)18-31-33(28)19(2)20-6-8-21(9-7-20)22-10-11-22/h6-9,14,17-19,22,24-25H,10-13,15-16H2,1-3H3,(H,32,34). The van der Waals surface area contributed by atoms with Gasteiger partial charge in [0, 0.05) is 17.0 Å². The topological polar surface area (TPSA) is 73.2 Å². The lowest BCUT2D eigenvalue weighted by atomic mass is 9.86. The number of carbonyl (C=O) groups excluding carboxylic acids is 2. The van der Waals surface area contributed by atoms with Gasteiger partial charge in [0.2, 0.25) is 0 Å². The van der Waals surface area contributed by atoms with Crippen LogP contribution < -0.4 is 5.32 Å². The number of carbonyl (C=O) groups is 2. The van der Waals surface area contributed by atoms with Crippen LogP contribution in [0.2, 0.25) is 0 Å². The molecule has 2 fully saturated rings. The summed E-state index contributed by atoms with van der Waals surface area (Å²) in [5.74, 6) is 6.51. The number of methoxy groups -OCH3 is 1. The first-order valence-electron chi connectivity index (χ1n) is 12.9. The summed E-state index contributed by atoms with van der Waals surface area (Å²) in [5.41, 5.74) is 4.82. The van der Waals surface area contributed by atoms with E-state index in [1.165, 1.54) is 25.5 Å². The van der Waals surface area contributed by atoms with Crippen LogP contribution in [0.1, 0.15) is 91.4 Å². The zero-order valence-corrected chi connectivity index (χ0v) is 21.2. The normalized spacial score (nSPS) is 20.3. The second-order valence-corrected chi connectivity index (χ2v) is 10.0. The number of aromatic nitrogens is 2. The highest BCUT2D eigenvalue weighted by Gasteiger charge is 2.29. The lowest BCUT2D eigenvalue weighted by Crippen LogP contribution is -2.39. The Morgan fingerprint density at radius 3 is 2.42 bits per heavy atom. The average molecular weight is 484 g/mol. The Bertz CT molecular complexity index is 1330. The highest BCUT2D eigenvalue weighted by Crippen LogP contribution is 2.40. The molecule has 2 aromatic carbocycles. The molecule has 6 nitrogen and oxygen atoms in total. The Morgan fingerprint density at radius 2 is 1.78 bits per heavy atom. The molecule has 1 atom stereocenters. The first-order valence-corrected chi connectivity index (χ1v) is 12.9. The highest BCUT2D eigenvalue weighted by atomic mass is 16.5. The second-order valence-electron chi connectivity index (χ2n) is 10.0. The molecule has 1 aromatic heterocycles. The number of hydrogen-bond donors (Lipinski definition) is 1. The van der Waals surface area contributed by atoms with Crippen LogP contribution in [0, 0.1) is 17.8 Å². The van der Waals surface area contributed by atoms with E-state index in [0.29, 0.717) is 11.5 Å². The maximum absolute atomic E-state index is 13.5. The van der Waals surface area contributed by atoms with Crippen molar-refractivity contribution in [1.82, 2.24) is 15.1 Å². The predicted molar refractivity (Wildman–Crippen MR) is 140 cm³/mol. The molecule has 2 aliphatic carbocycles. The molecule has 0 aliphatic heterocycles. The summed E-state index contributed by atoms with van der Waals surface area (Å²) < 4.78 is 6.84. The van der Waals surface area contributed by atoms with E-state index in [4.69, 9.17) is 9.84 Å². The molecule has 1 heterocycles. The van der Waals surface area contributed by atoms with Gasteiger partial charge in [0.25, 0.3) is 5.91 Å². The molecule has 2 aliphatic rings. The molecule has 1 amide bonds. The van der Waals surface area contributed by atoms with Gasteiger partial charge in [0.1, 0.15) is 0 Å². The van der Waals surface area contributed by atoms with Crippen molar-refractivity contribution in [3.63, 3.8) is 0 Å².